The topological polar surface area (TPSA) is 26.0 Å². The van der Waals surface area contributed by atoms with E-state index in [-0.39, 0.29) is 0 Å². The third-order valence-corrected chi connectivity index (χ3v) is 2.92. The van der Waals surface area contributed by atoms with Crippen molar-refractivity contribution in [1.82, 2.24) is 0 Å². The van der Waals surface area contributed by atoms with Gasteiger partial charge in [-0.15, -0.1) is 0 Å². The van der Waals surface area contributed by atoms with Gasteiger partial charge in [-0.25, -0.2) is 0 Å². The summed E-state index contributed by atoms with van der Waals surface area (Å²) in [7, 11) is 0. The van der Waals surface area contributed by atoms with Gasteiger partial charge >= 0.3 is 0 Å². The van der Waals surface area contributed by atoms with Crippen molar-refractivity contribution in [3.8, 4) is 11.1 Å². The van der Waals surface area contributed by atoms with Crippen LogP contribution in [0, 0.1) is 0 Å². The molecular weight excluding hydrogens is 218 g/mol. The van der Waals surface area contributed by atoms with Crippen LogP contribution in [0.25, 0.3) is 11.1 Å². The molecule has 0 saturated heterocycles. The molecule has 1 nitrogen and oxygen atoms in total. The minimum absolute atomic E-state index is 0.654. The maximum atomic E-state index is 6.20. The molecule has 0 unspecified atom stereocenters. The third-order valence-electron chi connectivity index (χ3n) is 2.60. The molecule has 0 aliphatic carbocycles. The van der Waals surface area contributed by atoms with Crippen LogP contribution >= 0.6 is 11.6 Å². The van der Waals surface area contributed by atoms with E-state index in [0.717, 1.165) is 17.0 Å². The van der Waals surface area contributed by atoms with Crippen molar-refractivity contribution in [2.45, 2.75) is 6.42 Å². The monoisotopic (exact) mass is 231 g/mol. The van der Waals surface area contributed by atoms with E-state index < -0.39 is 0 Å². The van der Waals surface area contributed by atoms with Crippen molar-refractivity contribution < 1.29 is 0 Å². The zero-order valence-corrected chi connectivity index (χ0v) is 9.74. The zero-order chi connectivity index (χ0) is 11.4. The van der Waals surface area contributed by atoms with Crippen LogP contribution in [0.2, 0.25) is 5.02 Å². The second kappa shape index (κ2) is 5.15. The Morgan fingerprint density at radius 3 is 2.19 bits per heavy atom. The summed E-state index contributed by atoms with van der Waals surface area (Å²) in [5.74, 6) is 0. The highest BCUT2D eigenvalue weighted by Crippen LogP contribution is 2.30. The highest BCUT2D eigenvalue weighted by atomic mass is 35.5. The summed E-state index contributed by atoms with van der Waals surface area (Å²) in [5, 5.41) is 0.784. The predicted octanol–water partition coefficient (Wildman–Crippen LogP) is 3.51. The lowest BCUT2D eigenvalue weighted by atomic mass is 9.98. The Morgan fingerprint density at radius 1 is 0.875 bits per heavy atom. The zero-order valence-electron chi connectivity index (χ0n) is 8.99. The average Bonchev–Trinajstić information content (AvgIpc) is 2.31. The molecule has 16 heavy (non-hydrogen) atoms. The van der Waals surface area contributed by atoms with Crippen molar-refractivity contribution in [3.05, 3.63) is 59.1 Å². The fourth-order valence-electron chi connectivity index (χ4n) is 1.84. The second-order valence-electron chi connectivity index (χ2n) is 3.68. The van der Waals surface area contributed by atoms with Crippen molar-refractivity contribution in [2.75, 3.05) is 6.54 Å². The van der Waals surface area contributed by atoms with E-state index in [1.165, 1.54) is 11.1 Å². The smallest absolute Gasteiger partial charge is 0.0484 e. The molecule has 0 saturated carbocycles. The van der Waals surface area contributed by atoms with Gasteiger partial charge in [0, 0.05) is 10.6 Å². The molecule has 0 aliphatic rings. The van der Waals surface area contributed by atoms with Crippen molar-refractivity contribution in [2.24, 2.45) is 5.73 Å². The van der Waals surface area contributed by atoms with Crippen LogP contribution in [0.5, 0.6) is 0 Å². The molecule has 0 amide bonds. The van der Waals surface area contributed by atoms with E-state index >= 15 is 0 Å². The first-order valence-corrected chi connectivity index (χ1v) is 5.73. The highest BCUT2D eigenvalue weighted by molar-refractivity contribution is 6.33. The van der Waals surface area contributed by atoms with Crippen LogP contribution in [-0.4, -0.2) is 6.54 Å². The molecule has 0 radical (unpaired) electrons. The quantitative estimate of drug-likeness (QED) is 0.860. The van der Waals surface area contributed by atoms with Gasteiger partial charge in [-0.3, -0.25) is 0 Å². The van der Waals surface area contributed by atoms with Gasteiger partial charge in [0.15, 0.2) is 0 Å². The summed E-state index contributed by atoms with van der Waals surface area (Å²) >= 11 is 6.20. The highest BCUT2D eigenvalue weighted by Gasteiger charge is 2.06. The van der Waals surface area contributed by atoms with E-state index in [1.807, 2.05) is 36.4 Å². The summed E-state index contributed by atoms with van der Waals surface area (Å²) in [5.41, 5.74) is 9.12. The number of hydrogen-bond acceptors (Lipinski definition) is 1. The first kappa shape index (κ1) is 11.2. The molecule has 82 valence electrons. The summed E-state index contributed by atoms with van der Waals surface area (Å²) in [6, 6.07) is 16.1. The minimum atomic E-state index is 0.654. The van der Waals surface area contributed by atoms with Gasteiger partial charge in [-0.05, 0) is 30.2 Å². The molecule has 0 aliphatic heterocycles. The lowest BCUT2D eigenvalue weighted by Crippen LogP contribution is -2.03. The first-order valence-electron chi connectivity index (χ1n) is 5.36. The molecule has 0 fully saturated rings. The summed E-state index contributed by atoms with van der Waals surface area (Å²) in [4.78, 5) is 0. The van der Waals surface area contributed by atoms with E-state index in [0.29, 0.717) is 6.54 Å². The number of halogens is 1. The lowest BCUT2D eigenvalue weighted by Gasteiger charge is -2.10. The number of nitrogens with two attached hydrogens (primary N) is 1. The van der Waals surface area contributed by atoms with Gasteiger partial charge < -0.3 is 5.73 Å². The normalized spacial score (nSPS) is 10.4. The molecule has 0 heterocycles. The first-order chi connectivity index (χ1) is 7.83. The molecule has 0 bridgehead atoms. The largest absolute Gasteiger partial charge is 0.330 e. The van der Waals surface area contributed by atoms with Gasteiger partial charge in [0.25, 0.3) is 0 Å². The van der Waals surface area contributed by atoms with Crippen molar-refractivity contribution in [1.29, 1.82) is 0 Å². The fraction of sp³-hybridized carbons (Fsp3) is 0.143. The summed E-state index contributed by atoms with van der Waals surface area (Å²) in [6.07, 6.45) is 0.876. The van der Waals surface area contributed by atoms with Crippen LogP contribution < -0.4 is 5.73 Å². The Balaban J connectivity index is 2.51. The molecule has 2 aromatic carbocycles. The van der Waals surface area contributed by atoms with Crippen LogP contribution in [0.1, 0.15) is 5.56 Å². The van der Waals surface area contributed by atoms with Crippen LogP contribution in [0.15, 0.2) is 48.5 Å². The van der Waals surface area contributed by atoms with Crippen LogP contribution in [-0.2, 0) is 6.42 Å². The Bertz CT molecular complexity index is 480. The molecule has 2 N–H and O–H groups in total. The number of hydrogen-bond donors (Lipinski definition) is 1. The maximum absolute atomic E-state index is 6.20. The number of rotatable bonds is 3. The fourth-order valence-corrected chi connectivity index (χ4v) is 2.07. The maximum Gasteiger partial charge on any atom is 0.0484 e. The van der Waals surface area contributed by atoms with E-state index in [1.54, 1.807) is 0 Å². The molecule has 2 rings (SSSR count). The standard InChI is InChI=1S/C14H14ClN/c15-14-8-4-3-7-13(14)12-6-2-1-5-11(12)9-10-16/h1-8H,9-10,16H2. The van der Waals surface area contributed by atoms with Gasteiger partial charge in [0.1, 0.15) is 0 Å². The molecule has 2 aromatic rings. The second-order valence-corrected chi connectivity index (χ2v) is 4.08. The van der Waals surface area contributed by atoms with Crippen LogP contribution in [0.3, 0.4) is 0 Å². The van der Waals surface area contributed by atoms with Gasteiger partial charge in [0.05, 0.1) is 0 Å². The third kappa shape index (κ3) is 2.26. The van der Waals surface area contributed by atoms with Crippen LogP contribution in [0.4, 0.5) is 0 Å². The Kier molecular flexibility index (Phi) is 3.60. The van der Waals surface area contributed by atoms with Gasteiger partial charge in [-0.2, -0.15) is 0 Å². The number of benzene rings is 2. The Labute approximate surface area is 101 Å². The SMILES string of the molecule is NCCc1ccccc1-c1ccccc1Cl. The Morgan fingerprint density at radius 2 is 1.50 bits per heavy atom. The molecule has 2 heteroatoms. The van der Waals surface area contributed by atoms with E-state index in [2.05, 4.69) is 12.1 Å². The van der Waals surface area contributed by atoms with Crippen molar-refractivity contribution in [3.63, 3.8) is 0 Å². The Hall–Kier alpha value is -1.31. The van der Waals surface area contributed by atoms with Gasteiger partial charge in [-0.1, -0.05) is 54.1 Å². The minimum Gasteiger partial charge on any atom is -0.330 e. The summed E-state index contributed by atoms with van der Waals surface area (Å²) in [6.45, 7) is 0.654. The van der Waals surface area contributed by atoms with E-state index in [9.17, 15) is 0 Å². The van der Waals surface area contributed by atoms with E-state index in [4.69, 9.17) is 17.3 Å². The average molecular weight is 232 g/mol. The molecule has 0 aromatic heterocycles. The van der Waals surface area contributed by atoms with Gasteiger partial charge in [0.2, 0.25) is 0 Å². The molecule has 0 atom stereocenters. The molecule has 0 spiro atoms. The summed E-state index contributed by atoms with van der Waals surface area (Å²) < 4.78 is 0. The predicted molar refractivity (Wildman–Crippen MR) is 69.6 cm³/mol. The lowest BCUT2D eigenvalue weighted by molar-refractivity contribution is 0.971. The van der Waals surface area contributed by atoms with Crippen molar-refractivity contribution >= 4 is 11.6 Å². The molecular formula is C14H14ClN.